The summed E-state index contributed by atoms with van der Waals surface area (Å²) in [6, 6.07) is 22.5. The van der Waals surface area contributed by atoms with E-state index in [-0.39, 0.29) is 23.3 Å². The first-order valence-corrected chi connectivity index (χ1v) is 32.5. The minimum Gasteiger partial charge on any atom is -0.544 e. The molecule has 1 heterocycles. The number of allylic oxidation sites excluding steroid dienone is 1. The number of carbonyl (C=O) groups is 2. The average molecular weight is 935 g/mol. The number of methoxy groups -OCH3 is 1. The molecule has 8 atom stereocenters. The molecule has 1 aliphatic heterocycles. The Bertz CT molecular complexity index is 1950. The van der Waals surface area contributed by atoms with Gasteiger partial charge >= 0.3 is 5.97 Å². The molecule has 0 radical (unpaired) electrons. The molecule has 0 unspecified atom stereocenters. The third-order valence-electron chi connectivity index (χ3n) is 17.5. The van der Waals surface area contributed by atoms with Crippen LogP contribution < -0.4 is 4.74 Å². The highest BCUT2D eigenvalue weighted by Crippen LogP contribution is 2.68. The van der Waals surface area contributed by atoms with Crippen molar-refractivity contribution in [3.63, 3.8) is 0 Å². The van der Waals surface area contributed by atoms with Crippen LogP contribution in [0.2, 0.25) is 54.4 Å². The molecule has 3 aliphatic carbocycles. The van der Waals surface area contributed by atoms with Crippen molar-refractivity contribution in [1.82, 2.24) is 0 Å². The molecule has 356 valence electrons. The zero-order valence-electron chi connectivity index (χ0n) is 42.1. The maximum atomic E-state index is 16.7. The summed E-state index contributed by atoms with van der Waals surface area (Å²) in [5, 5.41) is -0.131. The van der Waals surface area contributed by atoms with Gasteiger partial charge in [-0.15, -0.1) is 0 Å². The van der Waals surface area contributed by atoms with Gasteiger partial charge in [0.25, 0.3) is 0 Å². The molecule has 1 saturated heterocycles. The Kier molecular flexibility index (Phi) is 15.0. The topological polar surface area (TPSA) is 102 Å². The predicted octanol–water partition coefficient (Wildman–Crippen LogP) is 12.7. The highest BCUT2D eigenvalue weighted by Gasteiger charge is 2.78. The third kappa shape index (κ3) is 8.73. The van der Waals surface area contributed by atoms with Gasteiger partial charge in [-0.2, -0.15) is 0 Å². The average Bonchev–Trinajstić information content (AvgIpc) is 4.06. The number of hydrogen-bond acceptors (Lipinski definition) is 9. The van der Waals surface area contributed by atoms with Crippen LogP contribution in [0.4, 0.5) is 0 Å². The van der Waals surface area contributed by atoms with Gasteiger partial charge in [-0.1, -0.05) is 106 Å². The van der Waals surface area contributed by atoms with Gasteiger partial charge in [0.15, 0.2) is 28.0 Å². The number of benzene rings is 2. The second-order valence-electron chi connectivity index (χ2n) is 21.7. The largest absolute Gasteiger partial charge is 0.544 e. The Morgan fingerprint density at radius 1 is 0.844 bits per heavy atom. The summed E-state index contributed by atoms with van der Waals surface area (Å²) >= 11 is 0. The molecule has 0 N–H and O–H groups in total. The zero-order chi connectivity index (χ0) is 47.1. The molecule has 2 aromatic carbocycles. The molecule has 3 fully saturated rings. The van der Waals surface area contributed by atoms with Crippen LogP contribution in [0.3, 0.4) is 0 Å². The first-order valence-electron chi connectivity index (χ1n) is 24.6. The van der Waals surface area contributed by atoms with Gasteiger partial charge in [0.1, 0.15) is 23.7 Å². The molecule has 1 spiro atoms. The number of ketones is 1. The minimum atomic E-state index is -2.65. The summed E-state index contributed by atoms with van der Waals surface area (Å²) in [4.78, 5) is 31.8. The van der Waals surface area contributed by atoms with Gasteiger partial charge in [-0.3, -0.25) is 4.79 Å². The zero-order valence-corrected chi connectivity index (χ0v) is 45.1. The molecular weight excluding hydrogens is 853 g/mol. The smallest absolute Gasteiger partial charge is 0.338 e. The number of epoxide rings is 1. The van der Waals surface area contributed by atoms with Gasteiger partial charge in [-0.25, -0.2) is 4.79 Å². The van der Waals surface area contributed by atoms with Crippen LogP contribution in [0.5, 0.6) is 5.75 Å². The van der Waals surface area contributed by atoms with Crippen molar-refractivity contribution in [3.05, 3.63) is 77.6 Å². The minimum absolute atomic E-state index is 0.0149. The molecule has 2 bridgehead atoms. The summed E-state index contributed by atoms with van der Waals surface area (Å²) in [6.07, 6.45) is 1.71. The molecule has 0 aromatic heterocycles. The highest BCUT2D eigenvalue weighted by molar-refractivity contribution is 6.75. The lowest BCUT2D eigenvalue weighted by atomic mass is 9.46. The molecule has 64 heavy (non-hydrogen) atoms. The fraction of sp³-hybridized carbons (Fsp3) is 0.692. The van der Waals surface area contributed by atoms with Crippen molar-refractivity contribution in [2.45, 2.75) is 193 Å². The van der Waals surface area contributed by atoms with E-state index in [1.807, 2.05) is 54.6 Å². The van der Waals surface area contributed by atoms with Crippen LogP contribution in [0.15, 0.2) is 66.4 Å². The Hall–Kier alpha value is -2.59. The van der Waals surface area contributed by atoms with Crippen molar-refractivity contribution in [3.8, 4) is 5.75 Å². The predicted molar refractivity (Wildman–Crippen MR) is 263 cm³/mol. The lowest BCUT2D eigenvalue weighted by Gasteiger charge is -2.66. The SMILES string of the molecule is CC[Si](CC)(CC)OC1=CC[C@@H]2[C@@H](OCc3ccc(OC)cc3)C(=O)[C@]3(C)[C@@H](O[Si](C)(C)C(C)(C)C)CC[C@@]4(CO4)[C@H]3[C@H](OC(=O)c3ccccc3)[C@@]1(O[Si](CC)(CC)CC)C2(C)C. The molecule has 2 saturated carbocycles. The van der Waals surface area contributed by atoms with E-state index in [9.17, 15) is 0 Å². The van der Waals surface area contributed by atoms with Crippen LogP contribution in [0, 0.1) is 22.7 Å². The number of hydrogen-bond donors (Lipinski definition) is 0. The summed E-state index contributed by atoms with van der Waals surface area (Å²) in [6.45, 7) is 32.1. The van der Waals surface area contributed by atoms with E-state index in [2.05, 4.69) is 102 Å². The Morgan fingerprint density at radius 3 is 1.94 bits per heavy atom. The molecule has 12 heteroatoms. The second-order valence-corrected chi connectivity index (χ2v) is 35.9. The van der Waals surface area contributed by atoms with Gasteiger partial charge in [-0.05, 0) is 116 Å². The van der Waals surface area contributed by atoms with Crippen LogP contribution in [-0.2, 0) is 38.9 Å². The van der Waals surface area contributed by atoms with Crippen molar-refractivity contribution in [1.29, 1.82) is 0 Å². The van der Waals surface area contributed by atoms with E-state index in [1.54, 1.807) is 7.11 Å². The Morgan fingerprint density at radius 2 is 1.42 bits per heavy atom. The van der Waals surface area contributed by atoms with Gasteiger partial charge < -0.3 is 32.2 Å². The third-order valence-corrected chi connectivity index (χ3v) is 31.2. The van der Waals surface area contributed by atoms with Crippen LogP contribution >= 0.6 is 0 Å². The summed E-state index contributed by atoms with van der Waals surface area (Å²) < 4.78 is 50.7. The van der Waals surface area contributed by atoms with Crippen LogP contribution in [0.25, 0.3) is 0 Å². The Balaban J connectivity index is 1.73. The first-order chi connectivity index (χ1) is 30.1. The first kappa shape index (κ1) is 50.8. The fourth-order valence-corrected chi connectivity index (χ4v) is 18.6. The Labute approximate surface area is 389 Å². The maximum Gasteiger partial charge on any atom is 0.338 e. The lowest BCUT2D eigenvalue weighted by Crippen LogP contribution is -2.77. The fourth-order valence-electron chi connectivity index (χ4n) is 11.5. The number of ether oxygens (including phenoxy) is 4. The van der Waals surface area contributed by atoms with Gasteiger partial charge in [0, 0.05) is 17.3 Å². The molecule has 0 amide bonds. The van der Waals surface area contributed by atoms with E-state index < -0.39 is 77.2 Å². The van der Waals surface area contributed by atoms with E-state index in [4.69, 9.17) is 32.2 Å². The molecular formula is C52H82O9Si3. The van der Waals surface area contributed by atoms with Crippen molar-refractivity contribution >= 4 is 36.7 Å². The normalized spacial score (nSPS) is 30.5. The second kappa shape index (κ2) is 18.8. The van der Waals surface area contributed by atoms with E-state index in [1.165, 1.54) is 0 Å². The highest BCUT2D eigenvalue weighted by atomic mass is 28.4. The van der Waals surface area contributed by atoms with E-state index in [0.717, 1.165) is 53.3 Å². The molecule has 9 nitrogen and oxygen atoms in total. The number of Topliss-reactive ketones (excluding diaryl/α,β-unsaturated/α-hetero) is 1. The molecule has 6 rings (SSSR count). The summed E-state index contributed by atoms with van der Waals surface area (Å²) in [5.74, 6) is 0.0229. The van der Waals surface area contributed by atoms with Crippen LogP contribution in [0.1, 0.15) is 118 Å². The lowest BCUT2D eigenvalue weighted by molar-refractivity contribution is -0.240. The maximum absolute atomic E-state index is 16.7. The van der Waals surface area contributed by atoms with Crippen molar-refractivity contribution in [2.24, 2.45) is 22.7 Å². The van der Waals surface area contributed by atoms with Crippen molar-refractivity contribution < 1.29 is 41.8 Å². The number of rotatable bonds is 18. The van der Waals surface area contributed by atoms with E-state index in [0.29, 0.717) is 31.4 Å². The van der Waals surface area contributed by atoms with Gasteiger partial charge in [0.2, 0.25) is 8.32 Å². The van der Waals surface area contributed by atoms with Crippen LogP contribution in [-0.4, -0.2) is 79.9 Å². The summed E-state index contributed by atoms with van der Waals surface area (Å²) in [7, 11) is -5.91. The number of esters is 1. The van der Waals surface area contributed by atoms with Crippen molar-refractivity contribution in [2.75, 3.05) is 13.7 Å². The molecule has 4 aliphatic rings. The molecule has 2 aromatic rings. The number of fused-ring (bicyclic) bond motifs is 4. The summed E-state index contributed by atoms with van der Waals surface area (Å²) in [5.41, 5.74) is -2.79. The monoisotopic (exact) mass is 935 g/mol. The quantitative estimate of drug-likeness (QED) is 0.0821. The number of carbonyl (C=O) groups excluding carboxylic acids is 2. The van der Waals surface area contributed by atoms with E-state index >= 15 is 9.59 Å². The van der Waals surface area contributed by atoms with Gasteiger partial charge in [0.05, 0.1) is 43.0 Å². The standard InChI is InChI=1S/C52H82O9Si3/c1-16-63(17-2,18-3)60-42-32-31-40-43(56-35-37-27-29-39(55-13)30-28-37)45(53)50(12)41(59-62(14,15)48(7,8)9)33-34-51(36-57-51)44(50)46(58-47(54)38-25-23-22-24-26-38)52(42,49(40,10)11)61-64(19-4,20-5)21-6/h22-30,32,40-41,43-44,46H,16-21,31,33-36H2,1-15H3/t40-,41+,43-,44+,46+,50-,51-,52-/m1/s1.